The zero-order valence-corrected chi connectivity index (χ0v) is 7.97. The number of nitrogens with one attached hydrogen (secondary N) is 1. The third-order valence-corrected chi connectivity index (χ3v) is 2.10. The summed E-state index contributed by atoms with van der Waals surface area (Å²) in [4.78, 5) is 11.5. The van der Waals surface area contributed by atoms with Crippen LogP contribution in [0.25, 0.3) is 5.69 Å². The maximum atomic E-state index is 11.5. The molecule has 4 N–H and O–H groups in total. The Bertz CT molecular complexity index is 510. The van der Waals surface area contributed by atoms with Gasteiger partial charge in [-0.3, -0.25) is 9.89 Å². The van der Waals surface area contributed by atoms with Gasteiger partial charge in [0, 0.05) is 12.6 Å². The van der Waals surface area contributed by atoms with Crippen molar-refractivity contribution in [2.24, 2.45) is 5.73 Å². The minimum absolute atomic E-state index is 0.164. The monoisotopic (exact) mass is 205 g/mol. The van der Waals surface area contributed by atoms with Crippen molar-refractivity contribution >= 4 is 0 Å². The van der Waals surface area contributed by atoms with Crippen LogP contribution in [-0.2, 0) is 6.54 Å². The summed E-state index contributed by atoms with van der Waals surface area (Å²) in [5.41, 5.74) is 6.58. The molecule has 0 amide bonds. The standard InChI is InChI=1S/C10H11N3O2/c11-6-7-5-10(15)13(12-7)8-1-3-9(14)4-2-8/h1-5,12,14H,6,11H2. The smallest absolute Gasteiger partial charge is 0.271 e. The molecular weight excluding hydrogens is 194 g/mol. The van der Waals surface area contributed by atoms with Crippen LogP contribution in [0.3, 0.4) is 0 Å². The van der Waals surface area contributed by atoms with Gasteiger partial charge in [0.25, 0.3) is 5.56 Å². The van der Waals surface area contributed by atoms with E-state index >= 15 is 0 Å². The number of nitrogens with zero attached hydrogens (tertiary/aromatic N) is 1. The van der Waals surface area contributed by atoms with Crippen LogP contribution in [0.15, 0.2) is 35.1 Å². The second-order valence-corrected chi connectivity index (χ2v) is 3.18. The van der Waals surface area contributed by atoms with Gasteiger partial charge in [-0.1, -0.05) is 0 Å². The van der Waals surface area contributed by atoms with Gasteiger partial charge in [0.1, 0.15) is 5.75 Å². The van der Waals surface area contributed by atoms with Gasteiger partial charge in [-0.2, -0.15) is 0 Å². The van der Waals surface area contributed by atoms with Crippen molar-refractivity contribution in [2.45, 2.75) is 6.54 Å². The number of hydrogen-bond acceptors (Lipinski definition) is 3. The topological polar surface area (TPSA) is 84.0 Å². The Morgan fingerprint density at radius 1 is 1.33 bits per heavy atom. The zero-order chi connectivity index (χ0) is 10.8. The predicted molar refractivity (Wildman–Crippen MR) is 55.9 cm³/mol. The number of aromatic amines is 1. The molecule has 0 unspecified atom stereocenters. The van der Waals surface area contributed by atoms with Gasteiger partial charge in [-0.05, 0) is 24.3 Å². The lowest BCUT2D eigenvalue weighted by atomic mass is 10.3. The number of nitrogens with two attached hydrogens (primary N) is 1. The molecule has 0 fully saturated rings. The highest BCUT2D eigenvalue weighted by molar-refractivity contribution is 5.36. The fourth-order valence-electron chi connectivity index (χ4n) is 1.34. The van der Waals surface area contributed by atoms with Gasteiger partial charge in [0.15, 0.2) is 0 Å². The van der Waals surface area contributed by atoms with E-state index in [1.54, 1.807) is 12.1 Å². The minimum atomic E-state index is -0.166. The van der Waals surface area contributed by atoms with E-state index in [0.717, 1.165) is 0 Å². The van der Waals surface area contributed by atoms with Gasteiger partial charge in [-0.15, -0.1) is 0 Å². The average molecular weight is 205 g/mol. The lowest BCUT2D eigenvalue weighted by Crippen LogP contribution is -2.13. The van der Waals surface area contributed by atoms with Crippen LogP contribution in [0.1, 0.15) is 5.69 Å². The van der Waals surface area contributed by atoms with Crippen LogP contribution >= 0.6 is 0 Å². The highest BCUT2D eigenvalue weighted by Crippen LogP contribution is 2.11. The van der Waals surface area contributed by atoms with Crippen molar-refractivity contribution in [3.05, 3.63) is 46.4 Å². The number of H-pyrrole nitrogens is 1. The van der Waals surface area contributed by atoms with E-state index in [2.05, 4.69) is 5.10 Å². The van der Waals surface area contributed by atoms with Gasteiger partial charge in [0.2, 0.25) is 0 Å². The number of phenols is 1. The zero-order valence-electron chi connectivity index (χ0n) is 7.97. The molecule has 0 bridgehead atoms. The van der Waals surface area contributed by atoms with Crippen molar-refractivity contribution in [3.63, 3.8) is 0 Å². The normalized spacial score (nSPS) is 10.5. The molecule has 0 saturated carbocycles. The van der Waals surface area contributed by atoms with Gasteiger partial charge >= 0.3 is 0 Å². The Hall–Kier alpha value is -2.01. The van der Waals surface area contributed by atoms with Crippen LogP contribution in [0, 0.1) is 0 Å². The summed E-state index contributed by atoms with van der Waals surface area (Å²) >= 11 is 0. The largest absolute Gasteiger partial charge is 0.508 e. The first-order chi connectivity index (χ1) is 7.20. The Morgan fingerprint density at radius 2 is 2.00 bits per heavy atom. The Labute approximate surface area is 85.8 Å². The molecule has 0 atom stereocenters. The quantitative estimate of drug-likeness (QED) is 0.660. The maximum Gasteiger partial charge on any atom is 0.271 e. The van der Waals surface area contributed by atoms with E-state index in [4.69, 9.17) is 10.8 Å². The Kier molecular flexibility index (Phi) is 2.31. The third kappa shape index (κ3) is 1.77. The minimum Gasteiger partial charge on any atom is -0.508 e. The summed E-state index contributed by atoms with van der Waals surface area (Å²) in [6.07, 6.45) is 0. The van der Waals surface area contributed by atoms with E-state index in [1.165, 1.54) is 22.9 Å². The lowest BCUT2D eigenvalue weighted by molar-refractivity contribution is 0.475. The van der Waals surface area contributed by atoms with E-state index in [9.17, 15) is 4.79 Å². The summed E-state index contributed by atoms with van der Waals surface area (Å²) in [5.74, 6) is 0.164. The predicted octanol–water partition coefficient (Wildman–Crippen LogP) is 0.330. The van der Waals surface area contributed by atoms with Crippen LogP contribution in [0.4, 0.5) is 0 Å². The Morgan fingerprint density at radius 3 is 2.53 bits per heavy atom. The van der Waals surface area contributed by atoms with Crippen LogP contribution in [0.5, 0.6) is 5.75 Å². The molecule has 2 aromatic rings. The second-order valence-electron chi connectivity index (χ2n) is 3.18. The number of benzene rings is 1. The summed E-state index contributed by atoms with van der Waals surface area (Å²) in [6, 6.07) is 7.78. The van der Waals surface area contributed by atoms with Crippen molar-refractivity contribution in [2.75, 3.05) is 0 Å². The second kappa shape index (κ2) is 3.62. The van der Waals surface area contributed by atoms with E-state index in [1.807, 2.05) is 0 Å². The van der Waals surface area contributed by atoms with Gasteiger partial charge in [-0.25, -0.2) is 4.68 Å². The summed E-state index contributed by atoms with van der Waals surface area (Å²) in [7, 11) is 0. The summed E-state index contributed by atoms with van der Waals surface area (Å²) < 4.78 is 1.38. The molecule has 78 valence electrons. The molecule has 1 heterocycles. The fraction of sp³-hybridized carbons (Fsp3) is 0.100. The number of aromatic hydroxyl groups is 1. The highest BCUT2D eigenvalue weighted by Gasteiger charge is 2.03. The molecule has 1 aromatic heterocycles. The molecule has 5 heteroatoms. The molecule has 15 heavy (non-hydrogen) atoms. The maximum absolute atomic E-state index is 11.5. The van der Waals surface area contributed by atoms with Crippen LogP contribution in [0.2, 0.25) is 0 Å². The molecule has 0 saturated heterocycles. The first-order valence-corrected chi connectivity index (χ1v) is 4.51. The summed E-state index contributed by atoms with van der Waals surface area (Å²) in [6.45, 7) is 0.292. The molecule has 1 aromatic carbocycles. The molecule has 0 aliphatic heterocycles. The van der Waals surface area contributed by atoms with Crippen molar-refractivity contribution < 1.29 is 5.11 Å². The number of aromatic nitrogens is 2. The van der Waals surface area contributed by atoms with Crippen molar-refractivity contribution in [1.82, 2.24) is 9.78 Å². The average Bonchev–Trinajstić information content (AvgIpc) is 2.61. The van der Waals surface area contributed by atoms with Crippen LogP contribution < -0.4 is 11.3 Å². The molecule has 0 spiro atoms. The molecule has 0 radical (unpaired) electrons. The number of hydrogen-bond donors (Lipinski definition) is 3. The number of phenolic OH excluding ortho intramolecular Hbond substituents is 1. The molecule has 5 nitrogen and oxygen atoms in total. The SMILES string of the molecule is NCc1cc(=O)n(-c2ccc(O)cc2)[nH]1. The fourth-order valence-corrected chi connectivity index (χ4v) is 1.34. The van der Waals surface area contributed by atoms with Crippen molar-refractivity contribution in [1.29, 1.82) is 0 Å². The molecule has 0 aliphatic carbocycles. The number of rotatable bonds is 2. The van der Waals surface area contributed by atoms with E-state index in [0.29, 0.717) is 17.9 Å². The lowest BCUT2D eigenvalue weighted by Gasteiger charge is -2.01. The van der Waals surface area contributed by atoms with E-state index in [-0.39, 0.29) is 11.3 Å². The molecule has 0 aliphatic rings. The first-order valence-electron chi connectivity index (χ1n) is 4.51. The van der Waals surface area contributed by atoms with Gasteiger partial charge < -0.3 is 10.8 Å². The Balaban J connectivity index is 2.49. The molecule has 2 rings (SSSR count). The third-order valence-electron chi connectivity index (χ3n) is 2.10. The van der Waals surface area contributed by atoms with Gasteiger partial charge in [0.05, 0.1) is 11.4 Å². The van der Waals surface area contributed by atoms with E-state index < -0.39 is 0 Å². The van der Waals surface area contributed by atoms with Crippen molar-refractivity contribution in [3.8, 4) is 11.4 Å². The highest BCUT2D eigenvalue weighted by atomic mass is 16.3. The first kappa shape index (κ1) is 9.54. The van der Waals surface area contributed by atoms with Crippen LogP contribution in [-0.4, -0.2) is 14.9 Å². The summed E-state index contributed by atoms with van der Waals surface area (Å²) in [5, 5.41) is 12.0. The molecular formula is C10H11N3O2.